The highest BCUT2D eigenvalue weighted by atomic mass is 16.3. The lowest BCUT2D eigenvalue weighted by Crippen LogP contribution is -2.32. The van der Waals surface area contributed by atoms with E-state index in [1.54, 1.807) is 0 Å². The zero-order valence-electron chi connectivity index (χ0n) is 16.2. The third-order valence-corrected chi connectivity index (χ3v) is 5.53. The summed E-state index contributed by atoms with van der Waals surface area (Å²) >= 11 is 0. The van der Waals surface area contributed by atoms with E-state index in [1.165, 1.54) is 0 Å². The number of carbonyl (C=O) groups excluding carboxylic acids is 1. The van der Waals surface area contributed by atoms with Gasteiger partial charge in [0, 0.05) is 17.7 Å². The maximum Gasteiger partial charge on any atom is 0.185 e. The molecule has 0 aromatic heterocycles. The van der Waals surface area contributed by atoms with Gasteiger partial charge in [0.25, 0.3) is 0 Å². The number of anilines is 1. The summed E-state index contributed by atoms with van der Waals surface area (Å²) in [5.74, 6) is 0.0441. The molecule has 3 N–H and O–H groups in total. The van der Waals surface area contributed by atoms with Gasteiger partial charge in [-0.25, -0.2) is 0 Å². The molecule has 0 aliphatic heterocycles. The van der Waals surface area contributed by atoms with Crippen molar-refractivity contribution in [1.82, 2.24) is 0 Å². The molecule has 0 spiro atoms. The Labute approximate surface area is 170 Å². The van der Waals surface area contributed by atoms with E-state index < -0.39 is 18.2 Å². The summed E-state index contributed by atoms with van der Waals surface area (Å²) in [4.78, 5) is 13.2. The van der Waals surface area contributed by atoms with Gasteiger partial charge in [0.2, 0.25) is 0 Å². The van der Waals surface area contributed by atoms with Gasteiger partial charge in [0.05, 0.1) is 12.1 Å². The second-order valence-corrected chi connectivity index (χ2v) is 7.58. The van der Waals surface area contributed by atoms with E-state index in [0.29, 0.717) is 24.8 Å². The second kappa shape index (κ2) is 8.60. The van der Waals surface area contributed by atoms with Crippen LogP contribution >= 0.6 is 0 Å². The van der Waals surface area contributed by atoms with Crippen molar-refractivity contribution in [3.05, 3.63) is 101 Å². The molecule has 4 rings (SSSR count). The maximum atomic E-state index is 13.2. The van der Waals surface area contributed by atoms with Crippen LogP contribution in [0.1, 0.15) is 39.6 Å². The van der Waals surface area contributed by atoms with Crippen LogP contribution < -0.4 is 5.32 Å². The molecule has 0 saturated heterocycles. The first-order chi connectivity index (χ1) is 14.1. The first-order valence-electron chi connectivity index (χ1n) is 10.0. The van der Waals surface area contributed by atoms with Crippen LogP contribution in [0.25, 0.3) is 0 Å². The molecule has 3 unspecified atom stereocenters. The topological polar surface area (TPSA) is 69.6 Å². The Kier molecular flexibility index (Phi) is 5.74. The number of hydrogen-bond donors (Lipinski definition) is 3. The van der Waals surface area contributed by atoms with E-state index in [2.05, 4.69) is 5.32 Å². The van der Waals surface area contributed by atoms with Crippen molar-refractivity contribution in [2.75, 3.05) is 5.32 Å². The van der Waals surface area contributed by atoms with Crippen LogP contribution in [0.4, 0.5) is 5.69 Å². The van der Waals surface area contributed by atoms with Crippen molar-refractivity contribution in [3.8, 4) is 0 Å². The van der Waals surface area contributed by atoms with E-state index in [1.807, 2.05) is 78.9 Å². The van der Waals surface area contributed by atoms with Crippen LogP contribution in [-0.4, -0.2) is 28.1 Å². The first-order valence-corrected chi connectivity index (χ1v) is 10.0. The van der Waals surface area contributed by atoms with Gasteiger partial charge in [-0.2, -0.15) is 0 Å². The van der Waals surface area contributed by atoms with Gasteiger partial charge in [-0.3, -0.25) is 4.79 Å². The van der Waals surface area contributed by atoms with Crippen molar-refractivity contribution in [2.24, 2.45) is 0 Å². The highest BCUT2D eigenvalue weighted by Crippen LogP contribution is 2.32. The van der Waals surface area contributed by atoms with Crippen LogP contribution in [0, 0.1) is 0 Å². The monoisotopic (exact) mass is 387 g/mol. The average molecular weight is 387 g/mol. The Morgan fingerprint density at radius 1 is 0.966 bits per heavy atom. The molecule has 0 fully saturated rings. The lowest BCUT2D eigenvalue weighted by atomic mass is 9.87. The van der Waals surface area contributed by atoms with Gasteiger partial charge in [0.15, 0.2) is 5.78 Å². The minimum Gasteiger partial charge on any atom is -0.390 e. The van der Waals surface area contributed by atoms with E-state index in [-0.39, 0.29) is 5.78 Å². The molecule has 4 heteroatoms. The summed E-state index contributed by atoms with van der Waals surface area (Å²) in [5, 5.41) is 23.5. The number of fused-ring (bicyclic) bond motifs is 1. The highest BCUT2D eigenvalue weighted by molar-refractivity contribution is 6.01. The predicted molar refractivity (Wildman–Crippen MR) is 114 cm³/mol. The van der Waals surface area contributed by atoms with Gasteiger partial charge >= 0.3 is 0 Å². The van der Waals surface area contributed by atoms with Gasteiger partial charge in [-0.1, -0.05) is 66.7 Å². The molecule has 3 aromatic carbocycles. The number of nitrogens with one attached hydrogen (secondary N) is 1. The van der Waals surface area contributed by atoms with Gasteiger partial charge in [-0.05, 0) is 41.7 Å². The van der Waals surface area contributed by atoms with Crippen molar-refractivity contribution in [3.63, 3.8) is 0 Å². The molecule has 3 aromatic rings. The number of rotatable bonds is 6. The third kappa shape index (κ3) is 4.39. The lowest BCUT2D eigenvalue weighted by molar-refractivity contribution is 0.00651. The highest BCUT2D eigenvalue weighted by Gasteiger charge is 2.27. The summed E-state index contributed by atoms with van der Waals surface area (Å²) in [6.07, 6.45) is 0.255. The number of aliphatic hydroxyl groups is 2. The fourth-order valence-electron chi connectivity index (χ4n) is 3.93. The molecule has 0 heterocycles. The van der Waals surface area contributed by atoms with E-state index >= 15 is 0 Å². The Morgan fingerprint density at radius 2 is 1.66 bits per heavy atom. The summed E-state index contributed by atoms with van der Waals surface area (Å²) in [6, 6.07) is 24.6. The van der Waals surface area contributed by atoms with Gasteiger partial charge in [0.1, 0.15) is 6.10 Å². The molecular formula is C25H25NO3. The van der Waals surface area contributed by atoms with Gasteiger partial charge in [-0.15, -0.1) is 0 Å². The Hall–Kier alpha value is -2.95. The normalized spacial score (nSPS) is 19.2. The molecule has 0 amide bonds. The lowest BCUT2D eigenvalue weighted by Gasteiger charge is -2.27. The van der Waals surface area contributed by atoms with Gasteiger partial charge < -0.3 is 15.5 Å². The first kappa shape index (κ1) is 19.4. The molecule has 0 bridgehead atoms. The molecular weight excluding hydrogens is 362 g/mol. The Morgan fingerprint density at radius 3 is 2.38 bits per heavy atom. The summed E-state index contributed by atoms with van der Waals surface area (Å²) in [6.45, 7) is 0. The van der Waals surface area contributed by atoms with E-state index in [4.69, 9.17) is 0 Å². The number of aliphatic hydroxyl groups excluding tert-OH is 2. The average Bonchev–Trinajstić information content (AvgIpc) is 2.77. The molecule has 29 heavy (non-hydrogen) atoms. The number of aryl methyl sites for hydroxylation is 1. The number of hydrogen-bond acceptors (Lipinski definition) is 4. The zero-order chi connectivity index (χ0) is 20.2. The summed E-state index contributed by atoms with van der Waals surface area (Å²) in [7, 11) is 0. The van der Waals surface area contributed by atoms with Crippen LogP contribution in [0.2, 0.25) is 0 Å². The van der Waals surface area contributed by atoms with Crippen LogP contribution in [0.3, 0.4) is 0 Å². The second-order valence-electron chi connectivity index (χ2n) is 7.58. The fraction of sp³-hybridized carbons (Fsp3) is 0.240. The molecule has 4 nitrogen and oxygen atoms in total. The predicted octanol–water partition coefficient (Wildman–Crippen LogP) is 3.93. The van der Waals surface area contributed by atoms with Crippen molar-refractivity contribution in [1.29, 1.82) is 0 Å². The largest absolute Gasteiger partial charge is 0.390 e. The van der Waals surface area contributed by atoms with Crippen molar-refractivity contribution < 1.29 is 15.0 Å². The van der Waals surface area contributed by atoms with Crippen molar-refractivity contribution in [2.45, 2.75) is 37.5 Å². The van der Waals surface area contributed by atoms with Crippen LogP contribution in [0.15, 0.2) is 78.9 Å². The van der Waals surface area contributed by atoms with E-state index in [9.17, 15) is 15.0 Å². The number of benzene rings is 3. The molecule has 0 saturated carbocycles. The SMILES string of the molecule is O=C(c1ccccc1)C(Cc1ccccc1)Nc1ccc2c(c1)CCC(O)C2O. The molecule has 0 radical (unpaired) electrons. The Balaban J connectivity index is 1.61. The maximum absolute atomic E-state index is 13.2. The number of Topliss-reactive ketones (excluding diaryl/α,β-unsaturated/α-hetero) is 1. The number of carbonyl (C=O) groups is 1. The summed E-state index contributed by atoms with van der Waals surface area (Å²) in [5.41, 5.74) is 4.39. The quantitative estimate of drug-likeness (QED) is 0.561. The third-order valence-electron chi connectivity index (χ3n) is 5.53. The Bertz CT molecular complexity index is 972. The fourth-order valence-corrected chi connectivity index (χ4v) is 3.93. The minimum absolute atomic E-state index is 0.0441. The minimum atomic E-state index is -0.848. The molecule has 3 atom stereocenters. The van der Waals surface area contributed by atoms with Crippen LogP contribution in [-0.2, 0) is 12.8 Å². The smallest absolute Gasteiger partial charge is 0.185 e. The summed E-state index contributed by atoms with van der Waals surface area (Å²) < 4.78 is 0. The zero-order valence-corrected chi connectivity index (χ0v) is 16.2. The molecule has 148 valence electrons. The van der Waals surface area contributed by atoms with Crippen molar-refractivity contribution >= 4 is 11.5 Å². The number of ketones is 1. The molecule has 1 aliphatic carbocycles. The standard InChI is InChI=1S/C25H25NO3/c27-23-14-11-19-16-20(12-13-21(19)25(23)29)26-22(15-17-7-3-1-4-8-17)24(28)18-9-5-2-6-10-18/h1-10,12-13,16,22-23,25-27,29H,11,14-15H2. The van der Waals surface area contributed by atoms with Crippen LogP contribution in [0.5, 0.6) is 0 Å². The van der Waals surface area contributed by atoms with E-state index in [0.717, 1.165) is 22.4 Å². The molecule has 1 aliphatic rings.